The van der Waals surface area contributed by atoms with Gasteiger partial charge in [-0.1, -0.05) is 0 Å². The maximum absolute atomic E-state index is 13.0. The van der Waals surface area contributed by atoms with E-state index < -0.39 is 11.5 Å². The van der Waals surface area contributed by atoms with Gasteiger partial charge in [0.05, 0.1) is 48.1 Å². The van der Waals surface area contributed by atoms with Gasteiger partial charge in [-0.3, -0.25) is 20.1 Å². The van der Waals surface area contributed by atoms with Gasteiger partial charge in [0.1, 0.15) is 5.82 Å². The topological polar surface area (TPSA) is 156 Å². The minimum Gasteiger partial charge on any atom is -0.453 e. The van der Waals surface area contributed by atoms with Crippen molar-refractivity contribution in [1.29, 1.82) is 5.26 Å². The van der Waals surface area contributed by atoms with Crippen molar-refractivity contribution in [2.75, 3.05) is 17.7 Å². The maximum atomic E-state index is 13.0. The predicted molar refractivity (Wildman–Crippen MR) is 140 cm³/mol. The van der Waals surface area contributed by atoms with Gasteiger partial charge in [-0.2, -0.15) is 15.5 Å². The number of nitriles is 1. The third kappa shape index (κ3) is 5.76. The van der Waals surface area contributed by atoms with Crippen LogP contribution in [0.4, 0.5) is 16.3 Å². The first-order chi connectivity index (χ1) is 18.2. The van der Waals surface area contributed by atoms with Crippen LogP contribution in [0.3, 0.4) is 0 Å². The summed E-state index contributed by atoms with van der Waals surface area (Å²) in [7, 11) is 1.27. The van der Waals surface area contributed by atoms with Crippen LogP contribution < -0.4 is 10.6 Å². The van der Waals surface area contributed by atoms with Gasteiger partial charge in [-0.05, 0) is 62.7 Å². The molecule has 2 amide bonds. The molecular formula is C27H24N8O3. The highest BCUT2D eigenvalue weighted by atomic mass is 16.5. The van der Waals surface area contributed by atoms with Crippen molar-refractivity contribution in [3.8, 4) is 28.5 Å². The SMILES string of the molecule is COC(=O)Nc1cc(-c2cnnc(-c3cc(NC(=O)c4ccnc(C(C)(C)C#N)c4)cnc3C)c2)ccn1. The molecule has 11 heteroatoms. The van der Waals surface area contributed by atoms with Gasteiger partial charge in [0.25, 0.3) is 5.91 Å². The first-order valence-corrected chi connectivity index (χ1v) is 11.5. The zero-order valence-corrected chi connectivity index (χ0v) is 21.2. The number of carbonyl (C=O) groups excluding carboxylic acids is 2. The van der Waals surface area contributed by atoms with Gasteiger partial charge in [-0.15, -0.1) is 0 Å². The predicted octanol–water partition coefficient (Wildman–Crippen LogP) is 4.54. The molecule has 190 valence electrons. The molecule has 38 heavy (non-hydrogen) atoms. The van der Waals surface area contributed by atoms with Crippen molar-refractivity contribution in [3.05, 3.63) is 78.1 Å². The van der Waals surface area contributed by atoms with Crippen molar-refractivity contribution >= 4 is 23.5 Å². The van der Waals surface area contributed by atoms with Crippen molar-refractivity contribution in [2.45, 2.75) is 26.2 Å². The van der Waals surface area contributed by atoms with E-state index in [1.807, 2.05) is 13.0 Å². The minimum absolute atomic E-state index is 0.327. The number of nitrogens with one attached hydrogen (secondary N) is 2. The summed E-state index contributed by atoms with van der Waals surface area (Å²) in [5, 5.41) is 23.2. The zero-order valence-electron chi connectivity index (χ0n) is 21.2. The summed E-state index contributed by atoms with van der Waals surface area (Å²) < 4.78 is 4.62. The molecule has 0 saturated heterocycles. The molecule has 0 aliphatic carbocycles. The fraction of sp³-hybridized carbons (Fsp3) is 0.185. The molecule has 11 nitrogen and oxygen atoms in total. The number of hydrogen-bond acceptors (Lipinski definition) is 9. The molecule has 4 heterocycles. The number of carbonyl (C=O) groups is 2. The quantitative estimate of drug-likeness (QED) is 0.382. The molecule has 4 rings (SSSR count). The highest BCUT2D eigenvalue weighted by molar-refractivity contribution is 6.04. The second kappa shape index (κ2) is 10.8. The van der Waals surface area contributed by atoms with Crippen LogP contribution >= 0.6 is 0 Å². The smallest absolute Gasteiger partial charge is 0.412 e. The van der Waals surface area contributed by atoms with Crippen molar-refractivity contribution < 1.29 is 14.3 Å². The Morgan fingerprint density at radius 2 is 1.76 bits per heavy atom. The van der Waals surface area contributed by atoms with Gasteiger partial charge in [0.2, 0.25) is 0 Å². The van der Waals surface area contributed by atoms with E-state index in [0.29, 0.717) is 39.7 Å². The summed E-state index contributed by atoms with van der Waals surface area (Å²) in [5.74, 6) is -0.0334. The summed E-state index contributed by atoms with van der Waals surface area (Å²) in [6.07, 6.45) is 5.60. The first-order valence-electron chi connectivity index (χ1n) is 11.5. The number of amides is 2. The van der Waals surface area contributed by atoms with Gasteiger partial charge < -0.3 is 10.1 Å². The number of rotatable bonds is 6. The first kappa shape index (κ1) is 25.8. The molecule has 4 aromatic rings. The van der Waals surface area contributed by atoms with Gasteiger partial charge >= 0.3 is 6.09 Å². The lowest BCUT2D eigenvalue weighted by Crippen LogP contribution is -2.18. The number of aryl methyl sites for hydroxylation is 1. The standard InChI is InChI=1S/C27H24N8O3/c1-16-21(22-9-19(13-32-35-22)17-5-8-30-24(11-17)34-26(37)38-4)12-20(14-31-16)33-25(36)18-6-7-29-23(10-18)27(2,3)15-28/h5-14H,1-4H3,(H,33,36)(H,30,34,37). The van der Waals surface area contributed by atoms with E-state index in [0.717, 1.165) is 11.1 Å². The molecule has 0 aromatic carbocycles. The fourth-order valence-electron chi connectivity index (χ4n) is 3.53. The molecule has 0 atom stereocenters. The Labute approximate surface area is 219 Å². The number of nitrogens with zero attached hydrogens (tertiary/aromatic N) is 6. The second-order valence-electron chi connectivity index (χ2n) is 8.85. The van der Waals surface area contributed by atoms with E-state index >= 15 is 0 Å². The van der Waals surface area contributed by atoms with Crippen LogP contribution in [0.15, 0.2) is 61.2 Å². The Morgan fingerprint density at radius 3 is 2.53 bits per heavy atom. The van der Waals surface area contributed by atoms with E-state index in [1.54, 1.807) is 62.8 Å². The molecule has 4 aromatic heterocycles. The average molecular weight is 509 g/mol. The third-order valence-corrected chi connectivity index (χ3v) is 5.73. The number of pyridine rings is 3. The maximum Gasteiger partial charge on any atom is 0.412 e. The Kier molecular flexibility index (Phi) is 7.34. The van der Waals surface area contributed by atoms with E-state index in [-0.39, 0.29) is 5.91 Å². The average Bonchev–Trinajstić information content (AvgIpc) is 2.94. The molecule has 0 bridgehead atoms. The van der Waals surface area contributed by atoms with Crippen LogP contribution in [-0.4, -0.2) is 44.3 Å². The van der Waals surface area contributed by atoms with Crippen LogP contribution in [0, 0.1) is 18.3 Å². The number of aromatic nitrogens is 5. The van der Waals surface area contributed by atoms with E-state index in [4.69, 9.17) is 0 Å². The Bertz CT molecular complexity index is 1560. The Balaban J connectivity index is 1.60. The summed E-state index contributed by atoms with van der Waals surface area (Å²) in [5.41, 5.74) is 3.93. The lowest BCUT2D eigenvalue weighted by molar-refractivity contribution is 0.102. The number of methoxy groups -OCH3 is 1. The van der Waals surface area contributed by atoms with Crippen molar-refractivity contribution in [2.24, 2.45) is 0 Å². The van der Waals surface area contributed by atoms with Crippen molar-refractivity contribution in [1.82, 2.24) is 25.1 Å². The summed E-state index contributed by atoms with van der Waals surface area (Å²) in [6.45, 7) is 5.31. The highest BCUT2D eigenvalue weighted by Crippen LogP contribution is 2.28. The number of hydrogen-bond donors (Lipinski definition) is 2. The molecule has 0 radical (unpaired) electrons. The lowest BCUT2D eigenvalue weighted by atomic mass is 9.90. The summed E-state index contributed by atoms with van der Waals surface area (Å²) in [6, 6.07) is 12.5. The van der Waals surface area contributed by atoms with Crippen LogP contribution in [0.2, 0.25) is 0 Å². The van der Waals surface area contributed by atoms with Gasteiger partial charge in [-0.25, -0.2) is 9.78 Å². The highest BCUT2D eigenvalue weighted by Gasteiger charge is 2.22. The van der Waals surface area contributed by atoms with Crippen LogP contribution in [-0.2, 0) is 10.2 Å². The molecule has 0 spiro atoms. The van der Waals surface area contributed by atoms with E-state index in [1.165, 1.54) is 13.3 Å². The van der Waals surface area contributed by atoms with Crippen molar-refractivity contribution in [3.63, 3.8) is 0 Å². The van der Waals surface area contributed by atoms with E-state index in [2.05, 4.69) is 46.6 Å². The second-order valence-corrected chi connectivity index (χ2v) is 8.85. The zero-order chi connectivity index (χ0) is 27.3. The molecule has 0 fully saturated rings. The molecule has 0 saturated carbocycles. The Hall–Kier alpha value is -5.24. The van der Waals surface area contributed by atoms with Crippen LogP contribution in [0.25, 0.3) is 22.4 Å². The molecule has 0 aliphatic heterocycles. The Morgan fingerprint density at radius 1 is 0.974 bits per heavy atom. The summed E-state index contributed by atoms with van der Waals surface area (Å²) >= 11 is 0. The fourth-order valence-corrected chi connectivity index (χ4v) is 3.53. The summed E-state index contributed by atoms with van der Waals surface area (Å²) in [4.78, 5) is 37.3. The van der Waals surface area contributed by atoms with Crippen LogP contribution in [0.1, 0.15) is 35.6 Å². The molecule has 0 aliphatic rings. The monoisotopic (exact) mass is 508 g/mol. The molecule has 0 unspecified atom stereocenters. The molecule has 2 N–H and O–H groups in total. The van der Waals surface area contributed by atoms with Gasteiger partial charge in [0.15, 0.2) is 0 Å². The van der Waals surface area contributed by atoms with Crippen LogP contribution in [0.5, 0.6) is 0 Å². The molecular weight excluding hydrogens is 484 g/mol. The third-order valence-electron chi connectivity index (χ3n) is 5.73. The largest absolute Gasteiger partial charge is 0.453 e. The lowest BCUT2D eigenvalue weighted by Gasteiger charge is -2.15. The van der Waals surface area contributed by atoms with Gasteiger partial charge in [0, 0.05) is 34.8 Å². The number of anilines is 2. The normalized spacial score (nSPS) is 10.8. The minimum atomic E-state index is -0.830. The number of ether oxygens (including phenoxy) is 1. The van der Waals surface area contributed by atoms with E-state index in [9.17, 15) is 14.9 Å².